The molecule has 4 nitrogen and oxygen atoms in total. The fraction of sp³-hybridized carbons (Fsp3) is 0.455. The second-order valence-electron chi connectivity index (χ2n) is 6.96. The summed E-state index contributed by atoms with van der Waals surface area (Å²) in [6.45, 7) is 6.61. The van der Waals surface area contributed by atoms with Gasteiger partial charge in [0.05, 0.1) is 0 Å². The Kier molecular flexibility index (Phi) is 6.26. The topological polar surface area (TPSA) is 36.4 Å². The van der Waals surface area contributed by atoms with E-state index >= 15 is 0 Å². The summed E-state index contributed by atoms with van der Waals surface area (Å²) < 4.78 is 0. The van der Waals surface area contributed by atoms with Gasteiger partial charge in [-0.3, -0.25) is 9.78 Å². The predicted molar refractivity (Wildman–Crippen MR) is 106 cm³/mol. The molecule has 4 heteroatoms. The van der Waals surface area contributed by atoms with Gasteiger partial charge in [0, 0.05) is 37.6 Å². The maximum Gasteiger partial charge on any atom is 0.272 e. The number of carbonyl (C=O) groups is 1. The molecule has 1 aromatic carbocycles. The van der Waals surface area contributed by atoms with Gasteiger partial charge in [-0.2, -0.15) is 0 Å². The lowest BCUT2D eigenvalue weighted by Crippen LogP contribution is -2.39. The Bertz CT molecular complexity index is 716. The first-order chi connectivity index (χ1) is 12.7. The molecule has 2 aromatic rings. The Balaban J connectivity index is 1.78. The first-order valence-electron chi connectivity index (χ1n) is 9.78. The molecule has 0 saturated carbocycles. The third-order valence-electron chi connectivity index (χ3n) is 5.28. The third-order valence-corrected chi connectivity index (χ3v) is 5.28. The summed E-state index contributed by atoms with van der Waals surface area (Å²) in [5.41, 5.74) is 2.81. The monoisotopic (exact) mass is 351 g/mol. The zero-order valence-corrected chi connectivity index (χ0v) is 15.9. The molecule has 1 atom stereocenters. The molecule has 0 spiro atoms. The number of hydrogen-bond acceptors (Lipinski definition) is 3. The van der Waals surface area contributed by atoms with Crippen molar-refractivity contribution in [1.29, 1.82) is 0 Å². The van der Waals surface area contributed by atoms with Crippen LogP contribution in [0.2, 0.25) is 0 Å². The second kappa shape index (κ2) is 8.84. The molecule has 1 unspecified atom stereocenters. The number of rotatable bonds is 6. The number of amides is 1. The molecule has 1 fully saturated rings. The van der Waals surface area contributed by atoms with E-state index in [1.54, 1.807) is 6.20 Å². The van der Waals surface area contributed by atoms with Gasteiger partial charge in [0.25, 0.3) is 5.91 Å². The van der Waals surface area contributed by atoms with E-state index in [0.29, 0.717) is 24.8 Å². The maximum atomic E-state index is 13.0. The van der Waals surface area contributed by atoms with E-state index in [1.165, 1.54) is 19.3 Å². The van der Waals surface area contributed by atoms with E-state index in [2.05, 4.69) is 28.9 Å². The third kappa shape index (κ3) is 4.24. The first kappa shape index (κ1) is 18.4. The summed E-state index contributed by atoms with van der Waals surface area (Å²) in [5.74, 6) is 0.00302. The smallest absolute Gasteiger partial charge is 0.272 e. The average Bonchev–Trinajstić information content (AvgIpc) is 2.72. The Morgan fingerprint density at radius 3 is 2.73 bits per heavy atom. The molecule has 138 valence electrons. The largest absolute Gasteiger partial charge is 0.368 e. The molecule has 26 heavy (non-hydrogen) atoms. The molecule has 1 saturated heterocycles. The van der Waals surface area contributed by atoms with Crippen LogP contribution in [0.5, 0.6) is 0 Å². The lowest BCUT2D eigenvalue weighted by Gasteiger charge is -2.37. The van der Waals surface area contributed by atoms with E-state index in [1.807, 2.05) is 42.2 Å². The minimum atomic E-state index is 0.00302. The van der Waals surface area contributed by atoms with Crippen LogP contribution in [0.15, 0.2) is 48.7 Å². The van der Waals surface area contributed by atoms with Crippen molar-refractivity contribution < 1.29 is 4.79 Å². The molecule has 1 aromatic heterocycles. The minimum Gasteiger partial charge on any atom is -0.368 e. The van der Waals surface area contributed by atoms with Gasteiger partial charge in [-0.1, -0.05) is 37.3 Å². The van der Waals surface area contributed by atoms with Gasteiger partial charge in [0.1, 0.15) is 5.69 Å². The molecule has 1 amide bonds. The zero-order valence-electron chi connectivity index (χ0n) is 15.9. The fourth-order valence-electron chi connectivity index (χ4n) is 3.77. The van der Waals surface area contributed by atoms with Crippen molar-refractivity contribution in [3.05, 3.63) is 59.9 Å². The first-order valence-corrected chi connectivity index (χ1v) is 9.78. The van der Waals surface area contributed by atoms with Crippen molar-refractivity contribution in [2.45, 2.75) is 52.1 Å². The highest BCUT2D eigenvalue weighted by Crippen LogP contribution is 2.27. The lowest BCUT2D eigenvalue weighted by molar-refractivity contribution is 0.0746. The van der Waals surface area contributed by atoms with Crippen LogP contribution in [-0.4, -0.2) is 34.9 Å². The Morgan fingerprint density at radius 2 is 2.00 bits per heavy atom. The number of aromatic nitrogens is 1. The number of anilines is 1. The quantitative estimate of drug-likeness (QED) is 0.768. The number of carbonyl (C=O) groups excluding carboxylic acids is 1. The number of benzene rings is 1. The molecular formula is C22H29N3O. The lowest BCUT2D eigenvalue weighted by atomic mass is 9.99. The van der Waals surface area contributed by atoms with Gasteiger partial charge in [0.15, 0.2) is 0 Å². The highest BCUT2D eigenvalue weighted by Gasteiger charge is 2.23. The predicted octanol–water partition coefficient (Wildman–Crippen LogP) is 4.51. The van der Waals surface area contributed by atoms with E-state index in [9.17, 15) is 4.79 Å². The van der Waals surface area contributed by atoms with E-state index in [4.69, 9.17) is 0 Å². The van der Waals surface area contributed by atoms with Crippen LogP contribution in [0.3, 0.4) is 0 Å². The van der Waals surface area contributed by atoms with Crippen LogP contribution >= 0.6 is 0 Å². The molecule has 0 aliphatic carbocycles. The molecule has 0 radical (unpaired) electrons. The van der Waals surface area contributed by atoms with E-state index in [-0.39, 0.29) is 5.91 Å². The summed E-state index contributed by atoms with van der Waals surface area (Å²) in [6.07, 6.45) is 6.67. The highest BCUT2D eigenvalue weighted by atomic mass is 16.2. The van der Waals surface area contributed by atoms with E-state index < -0.39 is 0 Å². The summed E-state index contributed by atoms with van der Waals surface area (Å²) in [6, 6.07) is 14.7. The van der Waals surface area contributed by atoms with Crippen molar-refractivity contribution in [1.82, 2.24) is 9.88 Å². The van der Waals surface area contributed by atoms with Crippen LogP contribution in [0, 0.1) is 0 Å². The van der Waals surface area contributed by atoms with Gasteiger partial charge in [-0.25, -0.2) is 0 Å². The zero-order chi connectivity index (χ0) is 18.4. The SMILES string of the molecule is CCC1CCCCN1c1ccnc(C(=O)N(CC)Cc2ccccc2)c1. The molecule has 0 bridgehead atoms. The molecular weight excluding hydrogens is 322 g/mol. The number of nitrogens with zero attached hydrogens (tertiary/aromatic N) is 3. The van der Waals surface area contributed by atoms with Crippen molar-refractivity contribution in [3.8, 4) is 0 Å². The van der Waals surface area contributed by atoms with Crippen molar-refractivity contribution in [2.75, 3.05) is 18.0 Å². The Morgan fingerprint density at radius 1 is 1.19 bits per heavy atom. The minimum absolute atomic E-state index is 0.00302. The number of piperidine rings is 1. The average molecular weight is 351 g/mol. The molecule has 3 rings (SSSR count). The Labute approximate surface area is 156 Å². The second-order valence-corrected chi connectivity index (χ2v) is 6.96. The van der Waals surface area contributed by atoms with Crippen LogP contribution in [-0.2, 0) is 6.54 Å². The van der Waals surface area contributed by atoms with Gasteiger partial charge in [-0.15, -0.1) is 0 Å². The fourth-order valence-corrected chi connectivity index (χ4v) is 3.77. The molecule has 1 aliphatic heterocycles. The normalized spacial score (nSPS) is 17.2. The molecule has 1 aliphatic rings. The molecule has 2 heterocycles. The van der Waals surface area contributed by atoms with Crippen molar-refractivity contribution in [3.63, 3.8) is 0 Å². The van der Waals surface area contributed by atoms with Crippen molar-refractivity contribution in [2.24, 2.45) is 0 Å². The standard InChI is InChI=1S/C22H29N3O/c1-3-19-12-8-9-15-25(19)20-13-14-23-21(16-20)22(26)24(4-2)17-18-10-6-5-7-11-18/h5-7,10-11,13-14,16,19H,3-4,8-9,12,15,17H2,1-2H3. The Hall–Kier alpha value is -2.36. The van der Waals surface area contributed by atoms with Gasteiger partial charge < -0.3 is 9.80 Å². The van der Waals surface area contributed by atoms with Crippen LogP contribution < -0.4 is 4.90 Å². The number of hydrogen-bond donors (Lipinski definition) is 0. The van der Waals surface area contributed by atoms with Crippen LogP contribution in [0.25, 0.3) is 0 Å². The maximum absolute atomic E-state index is 13.0. The summed E-state index contributed by atoms with van der Waals surface area (Å²) in [7, 11) is 0. The summed E-state index contributed by atoms with van der Waals surface area (Å²) >= 11 is 0. The summed E-state index contributed by atoms with van der Waals surface area (Å²) in [5, 5.41) is 0. The van der Waals surface area contributed by atoms with Crippen molar-refractivity contribution >= 4 is 11.6 Å². The van der Waals surface area contributed by atoms with Gasteiger partial charge in [0.2, 0.25) is 0 Å². The van der Waals surface area contributed by atoms with Gasteiger partial charge >= 0.3 is 0 Å². The van der Waals surface area contributed by atoms with Crippen LogP contribution in [0.1, 0.15) is 55.6 Å². The molecule has 0 N–H and O–H groups in total. The summed E-state index contributed by atoms with van der Waals surface area (Å²) in [4.78, 5) is 21.7. The van der Waals surface area contributed by atoms with Crippen LogP contribution in [0.4, 0.5) is 5.69 Å². The van der Waals surface area contributed by atoms with E-state index in [0.717, 1.165) is 24.2 Å². The van der Waals surface area contributed by atoms with Gasteiger partial charge in [-0.05, 0) is 50.3 Å². The highest BCUT2D eigenvalue weighted by molar-refractivity contribution is 5.93. The number of pyridine rings is 1.